The van der Waals surface area contributed by atoms with Crippen LogP contribution in [0, 0.1) is 0 Å². The molecule has 2 unspecified atom stereocenters. The minimum Gasteiger partial charge on any atom is -0.329 e. The zero-order valence-corrected chi connectivity index (χ0v) is 21.2. The van der Waals surface area contributed by atoms with Crippen molar-refractivity contribution in [2.45, 2.75) is 38.0 Å². The van der Waals surface area contributed by atoms with E-state index < -0.39 is 35.4 Å². The van der Waals surface area contributed by atoms with Crippen LogP contribution in [0.15, 0.2) is 46.5 Å². The largest absolute Gasteiger partial charge is 0.408 e. The van der Waals surface area contributed by atoms with Gasteiger partial charge in [-0.05, 0) is 31.9 Å². The van der Waals surface area contributed by atoms with Crippen molar-refractivity contribution >= 4 is 28.8 Å². The molecule has 1 amide bonds. The second kappa shape index (κ2) is 9.63. The molecule has 5 rings (SSSR count). The maximum absolute atomic E-state index is 13.3. The van der Waals surface area contributed by atoms with Gasteiger partial charge < -0.3 is 14.8 Å². The molecule has 0 aliphatic carbocycles. The smallest absolute Gasteiger partial charge is 0.329 e. The van der Waals surface area contributed by atoms with Crippen LogP contribution in [0.5, 0.6) is 0 Å². The Hall–Kier alpha value is -4.56. The third-order valence-electron chi connectivity index (χ3n) is 6.79. The number of rotatable bonds is 5. The lowest BCUT2D eigenvalue weighted by Crippen LogP contribution is -2.42. The van der Waals surface area contributed by atoms with Gasteiger partial charge in [-0.25, -0.2) is 24.7 Å². The van der Waals surface area contributed by atoms with Gasteiger partial charge in [0, 0.05) is 38.6 Å². The van der Waals surface area contributed by atoms with E-state index in [4.69, 9.17) is 0 Å². The highest BCUT2D eigenvalue weighted by Gasteiger charge is 2.46. The lowest BCUT2D eigenvalue weighted by molar-refractivity contribution is -0.146. The van der Waals surface area contributed by atoms with Gasteiger partial charge in [0.25, 0.3) is 5.56 Å². The maximum Gasteiger partial charge on any atom is 0.408 e. The SMILES string of the molecule is CC(C(=O)Nc1cccc(-c2cnc(N3CCCC3C(F)(F)F)nc2)n1)n1cnc2c1c(=O)n(C)c(=O)n2C. The predicted molar refractivity (Wildman–Crippen MR) is 135 cm³/mol. The molecule has 4 aromatic rings. The molecule has 5 heterocycles. The molecule has 15 heteroatoms. The molecule has 1 fully saturated rings. The van der Waals surface area contributed by atoms with Gasteiger partial charge in [-0.3, -0.25) is 18.7 Å². The Kier molecular flexibility index (Phi) is 6.44. The topological polar surface area (TPSA) is 133 Å². The Morgan fingerprint density at radius 2 is 1.82 bits per heavy atom. The summed E-state index contributed by atoms with van der Waals surface area (Å²) in [6.07, 6.45) is 0.139. The molecule has 12 nitrogen and oxygen atoms in total. The van der Waals surface area contributed by atoms with Crippen molar-refractivity contribution in [1.29, 1.82) is 0 Å². The summed E-state index contributed by atoms with van der Waals surface area (Å²) in [4.78, 5) is 55.9. The number of aryl methyl sites for hydroxylation is 1. The van der Waals surface area contributed by atoms with Gasteiger partial charge in [0.15, 0.2) is 11.2 Å². The molecule has 1 aliphatic heterocycles. The van der Waals surface area contributed by atoms with E-state index >= 15 is 0 Å². The molecule has 4 aromatic heterocycles. The third-order valence-corrected chi connectivity index (χ3v) is 6.79. The summed E-state index contributed by atoms with van der Waals surface area (Å²) >= 11 is 0. The number of pyridine rings is 1. The molecule has 1 aliphatic rings. The number of carbonyl (C=O) groups is 1. The van der Waals surface area contributed by atoms with E-state index in [-0.39, 0.29) is 35.9 Å². The lowest BCUT2D eigenvalue weighted by Gasteiger charge is -2.26. The highest BCUT2D eigenvalue weighted by Crippen LogP contribution is 2.34. The van der Waals surface area contributed by atoms with Gasteiger partial charge in [0.2, 0.25) is 11.9 Å². The molecule has 0 aromatic carbocycles. The number of anilines is 2. The fraction of sp³-hybridized carbons (Fsp3) is 0.375. The first-order chi connectivity index (χ1) is 18.5. The first kappa shape index (κ1) is 26.1. The van der Waals surface area contributed by atoms with Crippen LogP contribution in [-0.2, 0) is 18.9 Å². The zero-order valence-electron chi connectivity index (χ0n) is 21.2. The summed E-state index contributed by atoms with van der Waals surface area (Å²) in [6, 6.07) is 2.37. The number of imidazole rings is 1. The van der Waals surface area contributed by atoms with Gasteiger partial charge >= 0.3 is 11.9 Å². The molecule has 0 spiro atoms. The maximum atomic E-state index is 13.3. The van der Waals surface area contributed by atoms with Crippen molar-refractivity contribution < 1.29 is 18.0 Å². The van der Waals surface area contributed by atoms with Crippen LogP contribution in [0.2, 0.25) is 0 Å². The van der Waals surface area contributed by atoms with Crippen LogP contribution in [0.25, 0.3) is 22.4 Å². The first-order valence-corrected chi connectivity index (χ1v) is 12.0. The highest BCUT2D eigenvalue weighted by atomic mass is 19.4. The number of aromatic nitrogens is 7. The Balaban J connectivity index is 1.35. The molecule has 0 radical (unpaired) electrons. The number of fused-ring (bicyclic) bond motifs is 1. The van der Waals surface area contributed by atoms with E-state index in [1.165, 1.54) is 42.0 Å². The van der Waals surface area contributed by atoms with Gasteiger partial charge in [-0.2, -0.15) is 13.2 Å². The van der Waals surface area contributed by atoms with Crippen molar-refractivity contribution in [2.24, 2.45) is 14.1 Å². The summed E-state index contributed by atoms with van der Waals surface area (Å²) in [5.74, 6) is -0.295. The zero-order chi connectivity index (χ0) is 28.1. The van der Waals surface area contributed by atoms with E-state index in [1.807, 2.05) is 0 Å². The van der Waals surface area contributed by atoms with Gasteiger partial charge in [0.05, 0.1) is 12.0 Å². The number of nitrogens with one attached hydrogen (secondary N) is 1. The first-order valence-electron chi connectivity index (χ1n) is 12.0. The van der Waals surface area contributed by atoms with Crippen LogP contribution in [0.1, 0.15) is 25.8 Å². The molecular formula is C24H24F3N9O3. The molecule has 0 bridgehead atoms. The van der Waals surface area contributed by atoms with Crippen molar-refractivity contribution in [3.63, 3.8) is 0 Å². The molecule has 1 saturated heterocycles. The van der Waals surface area contributed by atoms with Gasteiger partial charge in [-0.1, -0.05) is 6.07 Å². The summed E-state index contributed by atoms with van der Waals surface area (Å²) < 4.78 is 43.5. The lowest BCUT2D eigenvalue weighted by atomic mass is 10.2. The normalized spacial score (nSPS) is 16.6. The monoisotopic (exact) mass is 543 g/mol. The number of nitrogens with zero attached hydrogens (tertiary/aromatic N) is 8. The standard InChI is InChI=1S/C24H24F3N9O3/c1-13(36-12-30-19-18(36)21(38)34(3)23(39)33(19)2)20(37)32-17-8-4-6-15(31-17)14-10-28-22(29-11-14)35-9-5-7-16(35)24(25,26)27/h4,6,8,10-13,16H,5,7,9H2,1-3H3,(H,31,32,37). The van der Waals surface area contributed by atoms with E-state index in [2.05, 4.69) is 25.3 Å². The second-order valence-corrected chi connectivity index (χ2v) is 9.27. The van der Waals surface area contributed by atoms with Crippen molar-refractivity contribution in [3.05, 3.63) is 57.8 Å². The Labute approximate surface area is 218 Å². The van der Waals surface area contributed by atoms with Crippen LogP contribution >= 0.6 is 0 Å². The van der Waals surface area contributed by atoms with Gasteiger partial charge in [0.1, 0.15) is 17.9 Å². The van der Waals surface area contributed by atoms with E-state index in [9.17, 15) is 27.6 Å². The van der Waals surface area contributed by atoms with Gasteiger partial charge in [-0.15, -0.1) is 0 Å². The minimum atomic E-state index is -4.36. The quantitative estimate of drug-likeness (QED) is 0.404. The van der Waals surface area contributed by atoms with E-state index in [1.54, 1.807) is 25.1 Å². The fourth-order valence-corrected chi connectivity index (χ4v) is 4.63. The van der Waals surface area contributed by atoms with Crippen LogP contribution < -0.4 is 21.5 Å². The van der Waals surface area contributed by atoms with E-state index in [0.29, 0.717) is 17.7 Å². The van der Waals surface area contributed by atoms with Crippen LogP contribution in [-0.4, -0.2) is 58.3 Å². The molecule has 2 atom stereocenters. The number of alkyl halides is 3. The van der Waals surface area contributed by atoms with Crippen molar-refractivity contribution in [2.75, 3.05) is 16.8 Å². The highest BCUT2D eigenvalue weighted by molar-refractivity contribution is 5.93. The number of halogens is 3. The number of carbonyl (C=O) groups excluding carboxylic acids is 1. The fourth-order valence-electron chi connectivity index (χ4n) is 4.63. The van der Waals surface area contributed by atoms with Crippen molar-refractivity contribution in [3.8, 4) is 11.3 Å². The Morgan fingerprint density at radius 3 is 2.51 bits per heavy atom. The molecule has 39 heavy (non-hydrogen) atoms. The number of amides is 1. The average Bonchev–Trinajstić information content (AvgIpc) is 3.59. The molecular weight excluding hydrogens is 519 g/mol. The predicted octanol–water partition coefficient (Wildman–Crippen LogP) is 2.02. The summed E-state index contributed by atoms with van der Waals surface area (Å²) in [5.41, 5.74) is -0.0000287. The average molecular weight is 544 g/mol. The van der Waals surface area contributed by atoms with Crippen LogP contribution in [0.3, 0.4) is 0 Å². The minimum absolute atomic E-state index is 0.00209. The molecule has 0 saturated carbocycles. The van der Waals surface area contributed by atoms with Crippen LogP contribution in [0.4, 0.5) is 24.9 Å². The third kappa shape index (κ3) is 4.64. The summed E-state index contributed by atoms with van der Waals surface area (Å²) in [7, 11) is 2.83. The van der Waals surface area contributed by atoms with Crippen molar-refractivity contribution in [1.82, 2.24) is 33.6 Å². The van der Waals surface area contributed by atoms with E-state index in [0.717, 1.165) is 9.47 Å². The molecule has 1 N–H and O–H groups in total. The Morgan fingerprint density at radius 1 is 1.10 bits per heavy atom. The second-order valence-electron chi connectivity index (χ2n) is 9.27. The summed E-state index contributed by atoms with van der Waals surface area (Å²) in [6.45, 7) is 1.79. The Bertz CT molecular complexity index is 1670. The summed E-state index contributed by atoms with van der Waals surface area (Å²) in [5, 5.41) is 2.69. The molecule has 204 valence electrons. The number of hydrogen-bond acceptors (Lipinski definition) is 8. The number of hydrogen-bond donors (Lipinski definition) is 1.